The van der Waals surface area contributed by atoms with E-state index < -0.39 is 11.8 Å². The van der Waals surface area contributed by atoms with E-state index in [0.29, 0.717) is 59.2 Å². The van der Waals surface area contributed by atoms with Gasteiger partial charge in [0.2, 0.25) is 11.7 Å². The zero-order chi connectivity index (χ0) is 44.5. The fourth-order valence-corrected chi connectivity index (χ4v) is 7.81. The van der Waals surface area contributed by atoms with Crippen LogP contribution in [0.4, 0.5) is 28.6 Å². The molecule has 1 atom stereocenters. The molecule has 18 heteroatoms. The minimum atomic E-state index is -0.558. The van der Waals surface area contributed by atoms with Crippen LogP contribution in [0.5, 0.6) is 11.5 Å². The Morgan fingerprint density at radius 2 is 1.60 bits per heavy atom. The molecule has 0 aliphatic carbocycles. The van der Waals surface area contributed by atoms with Crippen molar-refractivity contribution in [3.63, 3.8) is 0 Å². The van der Waals surface area contributed by atoms with Crippen LogP contribution in [0.3, 0.4) is 0 Å². The van der Waals surface area contributed by atoms with E-state index in [1.165, 1.54) is 23.9 Å². The summed E-state index contributed by atoms with van der Waals surface area (Å²) < 4.78 is 17.8. The van der Waals surface area contributed by atoms with E-state index in [2.05, 4.69) is 37.8 Å². The number of aromatic nitrogens is 5. The summed E-state index contributed by atoms with van der Waals surface area (Å²) >= 11 is 0. The van der Waals surface area contributed by atoms with Crippen molar-refractivity contribution in [3.05, 3.63) is 108 Å². The summed E-state index contributed by atoms with van der Waals surface area (Å²) in [6.45, 7) is 7.48. The predicted octanol–water partition coefficient (Wildman–Crippen LogP) is 5.97. The first-order chi connectivity index (χ1) is 30.3. The zero-order valence-electron chi connectivity index (χ0n) is 35.5. The fourth-order valence-electron chi connectivity index (χ4n) is 7.81. The molecule has 8 rings (SSSR count). The van der Waals surface area contributed by atoms with Crippen LogP contribution < -0.4 is 30.7 Å². The lowest BCUT2D eigenvalue weighted by Crippen LogP contribution is -2.35. The number of aliphatic imine (C=N–C) groups is 1. The number of anilines is 4. The molecule has 324 valence electrons. The maximum atomic E-state index is 13.6. The van der Waals surface area contributed by atoms with Crippen molar-refractivity contribution < 1.29 is 33.4 Å². The molecule has 63 heavy (non-hydrogen) atoms. The van der Waals surface area contributed by atoms with Gasteiger partial charge in [0.1, 0.15) is 11.4 Å². The molecule has 0 radical (unpaired) electrons. The molecule has 2 aliphatic heterocycles. The van der Waals surface area contributed by atoms with Gasteiger partial charge in [0, 0.05) is 88.8 Å². The highest BCUT2D eigenvalue weighted by atomic mass is 16.5. The van der Waals surface area contributed by atoms with Gasteiger partial charge in [0.05, 0.1) is 47.9 Å². The van der Waals surface area contributed by atoms with Gasteiger partial charge < -0.3 is 49.3 Å². The van der Waals surface area contributed by atoms with E-state index in [1.54, 1.807) is 82.7 Å². The number of carbonyl (C=O) groups excluding carboxylic acids is 5. The van der Waals surface area contributed by atoms with Gasteiger partial charge >= 0.3 is 0 Å². The van der Waals surface area contributed by atoms with Crippen LogP contribution in [0.25, 0.3) is 10.9 Å². The van der Waals surface area contributed by atoms with Gasteiger partial charge in [-0.05, 0) is 62.2 Å². The smallest absolute Gasteiger partial charge is 0.291 e. The summed E-state index contributed by atoms with van der Waals surface area (Å²) in [5.41, 5.74) is 5.01. The number of nitrogens with one attached hydrogen (secondary N) is 4. The average Bonchev–Trinajstić information content (AvgIpc) is 4.08. The summed E-state index contributed by atoms with van der Waals surface area (Å²) in [6, 6.07) is 14.0. The highest BCUT2D eigenvalue weighted by Gasteiger charge is 2.34. The van der Waals surface area contributed by atoms with E-state index >= 15 is 0 Å². The largest absolute Gasteiger partial charge is 0.493 e. The molecule has 6 heterocycles. The Bertz CT molecular complexity index is 2860. The normalized spacial score (nSPS) is 14.3. The van der Waals surface area contributed by atoms with Crippen LogP contribution in [0.15, 0.2) is 90.5 Å². The SMILES string of the molecule is C=C1C[C@H]2C=Nc3cc(OCCCC(=O)Nc4cn(C)c(C(=O)Nc5cc(C(=O)Nc6cc(C(=O)n7ccc8cc(NCC)ccc87)n(C)c6)n(C)c5)n4)c(OC)cc3C(=O)N2C1. The minimum Gasteiger partial charge on any atom is -0.493 e. The highest BCUT2D eigenvalue weighted by Crippen LogP contribution is 2.38. The van der Waals surface area contributed by atoms with Gasteiger partial charge in [0.15, 0.2) is 17.3 Å². The van der Waals surface area contributed by atoms with Crippen molar-refractivity contribution in [1.82, 2.24) is 28.2 Å². The van der Waals surface area contributed by atoms with Gasteiger partial charge in [-0.3, -0.25) is 33.5 Å². The van der Waals surface area contributed by atoms with E-state index in [-0.39, 0.29) is 54.1 Å². The van der Waals surface area contributed by atoms with Gasteiger partial charge in [-0.25, -0.2) is 4.98 Å². The Labute approximate surface area is 362 Å². The van der Waals surface area contributed by atoms with Gasteiger partial charge in [-0.1, -0.05) is 12.2 Å². The van der Waals surface area contributed by atoms with Gasteiger partial charge in [-0.2, -0.15) is 0 Å². The van der Waals surface area contributed by atoms with Crippen LogP contribution in [-0.4, -0.2) is 96.8 Å². The molecule has 2 aromatic carbocycles. The number of hydrogen-bond acceptors (Lipinski definition) is 10. The van der Waals surface area contributed by atoms with Crippen molar-refractivity contribution in [2.24, 2.45) is 26.1 Å². The summed E-state index contributed by atoms with van der Waals surface area (Å²) in [5.74, 6) is -0.744. The van der Waals surface area contributed by atoms with Crippen molar-refractivity contribution >= 4 is 75.2 Å². The molecule has 6 aromatic rings. The third-order valence-corrected chi connectivity index (χ3v) is 10.9. The molecule has 0 spiro atoms. The molecule has 18 nitrogen and oxygen atoms in total. The number of ether oxygens (including phenoxy) is 2. The van der Waals surface area contributed by atoms with Gasteiger partial charge in [-0.15, -0.1) is 0 Å². The van der Waals surface area contributed by atoms with Crippen molar-refractivity contribution in [1.29, 1.82) is 0 Å². The quantitative estimate of drug-likeness (QED) is 0.0753. The second-order valence-corrected chi connectivity index (χ2v) is 15.5. The van der Waals surface area contributed by atoms with Crippen LogP contribution in [0, 0.1) is 0 Å². The first-order valence-electron chi connectivity index (χ1n) is 20.3. The van der Waals surface area contributed by atoms with E-state index in [0.717, 1.165) is 28.7 Å². The monoisotopic (exact) mass is 853 g/mol. The average molecular weight is 854 g/mol. The maximum absolute atomic E-state index is 13.6. The number of fused-ring (bicyclic) bond motifs is 3. The number of amides is 4. The van der Waals surface area contributed by atoms with Crippen molar-refractivity contribution in [2.75, 3.05) is 48.1 Å². The third kappa shape index (κ3) is 8.55. The molecular weight excluding hydrogens is 807 g/mol. The maximum Gasteiger partial charge on any atom is 0.291 e. The number of carbonyl (C=O) groups is 5. The number of rotatable bonds is 14. The number of nitrogens with zero attached hydrogens (tertiary/aromatic N) is 7. The molecule has 4 N–H and O–H groups in total. The lowest BCUT2D eigenvalue weighted by molar-refractivity contribution is -0.116. The molecule has 2 aliphatic rings. The second-order valence-electron chi connectivity index (χ2n) is 15.5. The topological polar surface area (TPSA) is 200 Å². The van der Waals surface area contributed by atoms with Crippen LogP contribution >= 0.6 is 0 Å². The van der Waals surface area contributed by atoms with Crippen LogP contribution in [-0.2, 0) is 25.9 Å². The fraction of sp³-hybridized carbons (Fsp3) is 0.267. The summed E-state index contributed by atoms with van der Waals surface area (Å²) in [5, 5.41) is 12.5. The molecule has 0 unspecified atom stereocenters. The van der Waals surface area contributed by atoms with E-state index in [1.807, 2.05) is 31.2 Å². The van der Waals surface area contributed by atoms with E-state index in [4.69, 9.17) is 9.47 Å². The predicted molar refractivity (Wildman–Crippen MR) is 239 cm³/mol. The summed E-state index contributed by atoms with van der Waals surface area (Å²) in [7, 11) is 6.52. The molecule has 0 bridgehead atoms. The third-order valence-electron chi connectivity index (χ3n) is 10.9. The summed E-state index contributed by atoms with van der Waals surface area (Å²) in [6.07, 6.45) is 9.38. The Morgan fingerprint density at radius 3 is 2.37 bits per heavy atom. The molecular formula is C45H47N11O7. The van der Waals surface area contributed by atoms with Crippen LogP contribution in [0.2, 0.25) is 0 Å². The first kappa shape index (κ1) is 41.8. The van der Waals surface area contributed by atoms with E-state index in [9.17, 15) is 24.0 Å². The lowest BCUT2D eigenvalue weighted by atomic mass is 10.1. The number of benzene rings is 2. The molecule has 1 fully saturated rings. The Balaban J connectivity index is 0.834. The Kier molecular flexibility index (Phi) is 11.4. The van der Waals surface area contributed by atoms with Crippen LogP contribution in [0.1, 0.15) is 68.1 Å². The number of hydrogen-bond donors (Lipinski definition) is 4. The first-order valence-corrected chi connectivity index (χ1v) is 20.3. The highest BCUT2D eigenvalue weighted by molar-refractivity contribution is 6.08. The number of methoxy groups -OCH3 is 1. The minimum absolute atomic E-state index is 0.0281. The molecule has 4 amide bonds. The molecule has 1 saturated heterocycles. The van der Waals surface area contributed by atoms with Crippen molar-refractivity contribution in [2.45, 2.75) is 32.2 Å². The molecule has 4 aromatic heterocycles. The summed E-state index contributed by atoms with van der Waals surface area (Å²) in [4.78, 5) is 77.1. The standard InChI is InChI=1S/C45H47N11O7/c1-7-46-28-10-11-34-27(16-28)12-13-55(34)45(61)36-18-30(24-53(36)4)48-42(58)35-17-29(23-52(35)3)49-43(59)41-51-39(25-54(41)5)50-40(57)9-8-14-63-38-20-33-32(19-37(38)62-6)44(60)56-22-26(2)15-31(56)21-47-33/h10-13,16-21,23-25,31,46H,2,7-9,14-15,22H2,1,3-6H3,(H,48,58)(H,49,59)(H,50,57)/t31-/m0/s1. The Morgan fingerprint density at radius 1 is 0.857 bits per heavy atom. The number of imidazole rings is 1. The zero-order valence-corrected chi connectivity index (χ0v) is 35.5. The molecule has 0 saturated carbocycles. The number of aryl methyl sites for hydroxylation is 3. The lowest BCUT2D eigenvalue weighted by Gasteiger charge is -2.20. The van der Waals surface area contributed by atoms with Gasteiger partial charge in [0.25, 0.3) is 23.6 Å². The second kappa shape index (κ2) is 17.2. The Hall–Kier alpha value is -7.89. The van der Waals surface area contributed by atoms with Crippen molar-refractivity contribution in [3.8, 4) is 11.5 Å².